The highest BCUT2D eigenvalue weighted by atomic mass is 127. The number of rotatable bonds is 7. The number of carbonyl (C=O) groups is 2. The number of nitrogens with zero attached hydrogens (tertiary/aromatic N) is 1. The van der Waals surface area contributed by atoms with Crippen LogP contribution >= 0.6 is 24.0 Å². The number of guanidine groups is 1. The number of benzene rings is 1. The predicted molar refractivity (Wildman–Crippen MR) is 122 cm³/mol. The Morgan fingerprint density at radius 3 is 2.10 bits per heavy atom. The van der Waals surface area contributed by atoms with Gasteiger partial charge in [-0.15, -0.1) is 24.0 Å². The second-order valence-electron chi connectivity index (χ2n) is 7.07. The second kappa shape index (κ2) is 13.2. The molecule has 0 aliphatic carbocycles. The van der Waals surface area contributed by atoms with E-state index in [1.165, 1.54) is 6.07 Å². The van der Waals surface area contributed by atoms with Crippen LogP contribution in [0.1, 0.15) is 36.7 Å². The molecule has 0 atom stereocenters. The van der Waals surface area contributed by atoms with Crippen molar-refractivity contribution in [3.05, 3.63) is 35.1 Å². The second-order valence-corrected chi connectivity index (χ2v) is 7.07. The lowest BCUT2D eigenvalue weighted by molar-refractivity contribution is 0.0528. The fraction of sp³-hybridized carbons (Fsp3) is 0.526. The van der Waals surface area contributed by atoms with Crippen molar-refractivity contribution in [1.29, 1.82) is 0 Å². The van der Waals surface area contributed by atoms with Crippen LogP contribution in [0.4, 0.5) is 9.18 Å². The number of halogens is 2. The van der Waals surface area contributed by atoms with Crippen LogP contribution in [-0.2, 0) is 4.74 Å². The third-order valence-electron chi connectivity index (χ3n) is 3.45. The third kappa shape index (κ3) is 11.5. The summed E-state index contributed by atoms with van der Waals surface area (Å²) < 4.78 is 18.6. The van der Waals surface area contributed by atoms with Gasteiger partial charge in [0.05, 0.1) is 0 Å². The fourth-order valence-corrected chi connectivity index (χ4v) is 2.07. The van der Waals surface area contributed by atoms with E-state index >= 15 is 0 Å². The molecule has 10 heteroatoms. The minimum absolute atomic E-state index is 0. The molecule has 0 aliphatic rings. The lowest BCUT2D eigenvalue weighted by Crippen LogP contribution is -2.44. The largest absolute Gasteiger partial charge is 0.444 e. The van der Waals surface area contributed by atoms with Gasteiger partial charge >= 0.3 is 6.09 Å². The van der Waals surface area contributed by atoms with Gasteiger partial charge in [-0.3, -0.25) is 9.79 Å². The topological polar surface area (TPSA) is 104 Å². The van der Waals surface area contributed by atoms with Crippen molar-refractivity contribution in [2.75, 3.05) is 33.2 Å². The Morgan fingerprint density at radius 2 is 1.59 bits per heavy atom. The van der Waals surface area contributed by atoms with E-state index in [0.29, 0.717) is 37.7 Å². The molecule has 0 radical (unpaired) electrons. The van der Waals surface area contributed by atoms with Crippen LogP contribution in [0.5, 0.6) is 0 Å². The van der Waals surface area contributed by atoms with Crippen LogP contribution in [0.3, 0.4) is 0 Å². The molecule has 164 valence electrons. The monoisotopic (exact) mass is 523 g/mol. The fourth-order valence-electron chi connectivity index (χ4n) is 2.07. The molecule has 0 unspecified atom stereocenters. The van der Waals surface area contributed by atoms with E-state index in [0.717, 1.165) is 0 Å². The summed E-state index contributed by atoms with van der Waals surface area (Å²) in [4.78, 5) is 27.6. The molecular formula is C19H31FIN5O3. The maximum absolute atomic E-state index is 13.5. The number of carbonyl (C=O) groups excluding carboxylic acids is 2. The van der Waals surface area contributed by atoms with E-state index in [9.17, 15) is 14.0 Å². The first-order chi connectivity index (χ1) is 13.1. The van der Waals surface area contributed by atoms with E-state index in [2.05, 4.69) is 26.3 Å². The van der Waals surface area contributed by atoms with Crippen LogP contribution in [0.25, 0.3) is 0 Å². The number of hydrogen-bond acceptors (Lipinski definition) is 4. The summed E-state index contributed by atoms with van der Waals surface area (Å²) in [5.74, 6) is -0.220. The highest BCUT2D eigenvalue weighted by Gasteiger charge is 2.15. The SMILES string of the molecule is CN=C(NCCNC(=O)OC(C)(C)C)NCCNC(=O)c1ccc(C)c(F)c1.I. The maximum atomic E-state index is 13.5. The van der Waals surface area contributed by atoms with Crippen molar-refractivity contribution in [2.24, 2.45) is 4.99 Å². The van der Waals surface area contributed by atoms with Crippen molar-refractivity contribution in [3.63, 3.8) is 0 Å². The number of amides is 2. The summed E-state index contributed by atoms with van der Waals surface area (Å²) in [6.07, 6.45) is -0.479. The first kappa shape index (κ1) is 26.9. The molecule has 4 N–H and O–H groups in total. The highest BCUT2D eigenvalue weighted by molar-refractivity contribution is 14.0. The zero-order chi connectivity index (χ0) is 21.2. The molecule has 0 aliphatic heterocycles. The molecule has 0 bridgehead atoms. The molecule has 1 aromatic rings. The van der Waals surface area contributed by atoms with Gasteiger partial charge in [0.1, 0.15) is 11.4 Å². The first-order valence-corrected chi connectivity index (χ1v) is 9.08. The zero-order valence-corrected chi connectivity index (χ0v) is 19.8. The number of hydrogen-bond donors (Lipinski definition) is 4. The molecule has 0 saturated heterocycles. The van der Waals surface area contributed by atoms with E-state index in [-0.39, 0.29) is 35.4 Å². The molecule has 0 fully saturated rings. The van der Waals surface area contributed by atoms with Gasteiger partial charge in [-0.05, 0) is 45.4 Å². The Labute approximate surface area is 188 Å². The molecule has 0 spiro atoms. The van der Waals surface area contributed by atoms with Crippen molar-refractivity contribution >= 4 is 41.9 Å². The van der Waals surface area contributed by atoms with Crippen LogP contribution < -0.4 is 21.3 Å². The molecule has 8 nitrogen and oxygen atoms in total. The molecule has 1 aromatic carbocycles. The van der Waals surface area contributed by atoms with Crippen LogP contribution in [0, 0.1) is 12.7 Å². The van der Waals surface area contributed by atoms with Gasteiger partial charge < -0.3 is 26.0 Å². The van der Waals surface area contributed by atoms with Crippen molar-refractivity contribution in [3.8, 4) is 0 Å². The molecule has 1 rings (SSSR count). The average molecular weight is 523 g/mol. The lowest BCUT2D eigenvalue weighted by Gasteiger charge is -2.20. The summed E-state index contributed by atoms with van der Waals surface area (Å²) in [5.41, 5.74) is 0.234. The van der Waals surface area contributed by atoms with E-state index in [4.69, 9.17) is 4.74 Å². The summed E-state index contributed by atoms with van der Waals surface area (Å²) in [6.45, 7) is 8.62. The Kier molecular flexibility index (Phi) is 12.2. The predicted octanol–water partition coefficient (Wildman–Crippen LogP) is 2.17. The van der Waals surface area contributed by atoms with Gasteiger partial charge in [-0.25, -0.2) is 9.18 Å². The molecule has 0 aromatic heterocycles. The summed E-state index contributed by atoms with van der Waals surface area (Å²) >= 11 is 0. The number of aliphatic imine (C=N–C) groups is 1. The van der Waals surface area contributed by atoms with Crippen LogP contribution in [0.15, 0.2) is 23.2 Å². The van der Waals surface area contributed by atoms with Gasteiger partial charge in [-0.1, -0.05) is 6.07 Å². The maximum Gasteiger partial charge on any atom is 0.407 e. The molecular weight excluding hydrogens is 492 g/mol. The summed E-state index contributed by atoms with van der Waals surface area (Å²) in [7, 11) is 1.62. The lowest BCUT2D eigenvalue weighted by atomic mass is 10.1. The van der Waals surface area contributed by atoms with E-state index in [1.54, 1.807) is 46.9 Å². The molecule has 2 amide bonds. The third-order valence-corrected chi connectivity index (χ3v) is 3.45. The normalized spacial score (nSPS) is 11.2. The van der Waals surface area contributed by atoms with E-state index in [1.807, 2.05) is 0 Å². The molecule has 29 heavy (non-hydrogen) atoms. The number of ether oxygens (including phenoxy) is 1. The van der Waals surface area contributed by atoms with Gasteiger partial charge in [0.15, 0.2) is 5.96 Å². The van der Waals surface area contributed by atoms with Gasteiger partial charge in [-0.2, -0.15) is 0 Å². The number of nitrogens with one attached hydrogen (secondary N) is 4. The average Bonchev–Trinajstić information content (AvgIpc) is 2.60. The van der Waals surface area contributed by atoms with Crippen LogP contribution in [-0.4, -0.2) is 56.8 Å². The standard InChI is InChI=1S/C19H30FN5O3.HI/c1-13-6-7-14(12-15(13)20)16(26)22-8-9-23-17(21-5)24-10-11-25-18(27)28-19(2,3)4;/h6-7,12H,8-11H2,1-5H3,(H,22,26)(H,25,27)(H2,21,23,24);1H. The van der Waals surface area contributed by atoms with Crippen molar-refractivity contribution in [2.45, 2.75) is 33.3 Å². The Hall–Kier alpha value is -2.11. The number of aryl methyl sites for hydroxylation is 1. The highest BCUT2D eigenvalue weighted by Crippen LogP contribution is 2.08. The molecule has 0 saturated carbocycles. The van der Waals surface area contributed by atoms with Crippen molar-refractivity contribution < 1.29 is 18.7 Å². The number of alkyl carbamates (subject to hydrolysis) is 1. The summed E-state index contributed by atoms with van der Waals surface area (Å²) in [6, 6.07) is 4.37. The Morgan fingerprint density at radius 1 is 1.03 bits per heavy atom. The smallest absolute Gasteiger partial charge is 0.407 e. The minimum Gasteiger partial charge on any atom is -0.444 e. The molecule has 0 heterocycles. The van der Waals surface area contributed by atoms with Gasteiger partial charge in [0.2, 0.25) is 0 Å². The van der Waals surface area contributed by atoms with Gasteiger partial charge in [0.25, 0.3) is 5.91 Å². The minimum atomic E-state index is -0.538. The Bertz CT molecular complexity index is 708. The summed E-state index contributed by atoms with van der Waals surface area (Å²) in [5, 5.41) is 11.4. The van der Waals surface area contributed by atoms with E-state index < -0.39 is 17.5 Å². The van der Waals surface area contributed by atoms with Gasteiger partial charge in [0, 0.05) is 38.8 Å². The zero-order valence-electron chi connectivity index (χ0n) is 17.5. The Balaban J connectivity index is 0.00000784. The van der Waals surface area contributed by atoms with Crippen LogP contribution in [0.2, 0.25) is 0 Å². The quantitative estimate of drug-likeness (QED) is 0.190. The van der Waals surface area contributed by atoms with Crippen molar-refractivity contribution in [1.82, 2.24) is 21.3 Å². The first-order valence-electron chi connectivity index (χ1n) is 9.08.